The van der Waals surface area contributed by atoms with Crippen LogP contribution in [0.3, 0.4) is 0 Å². The number of hydrogen-bond acceptors (Lipinski definition) is 4. The van der Waals surface area contributed by atoms with Crippen molar-refractivity contribution in [1.29, 1.82) is 5.26 Å². The molecule has 5 nitrogen and oxygen atoms in total. The molecule has 0 aliphatic rings. The molecular formula is C14H12ClN3O2S. The summed E-state index contributed by atoms with van der Waals surface area (Å²) in [6.07, 6.45) is 3.89. The summed E-state index contributed by atoms with van der Waals surface area (Å²) in [6, 6.07) is 9.57. The van der Waals surface area contributed by atoms with Gasteiger partial charge in [-0.25, -0.2) is 13.1 Å². The number of nitriles is 1. The second-order valence-corrected chi connectivity index (χ2v) is 6.44. The first-order chi connectivity index (χ1) is 10.0. The number of pyridine rings is 1. The van der Waals surface area contributed by atoms with Crippen LogP contribution >= 0.6 is 11.6 Å². The monoisotopic (exact) mass is 321 g/mol. The van der Waals surface area contributed by atoms with Crippen LogP contribution in [0.2, 0.25) is 5.02 Å². The van der Waals surface area contributed by atoms with Gasteiger partial charge in [0.15, 0.2) is 0 Å². The Morgan fingerprint density at radius 2 is 2.14 bits per heavy atom. The van der Waals surface area contributed by atoms with E-state index in [4.69, 9.17) is 16.9 Å². The van der Waals surface area contributed by atoms with Crippen molar-refractivity contribution < 1.29 is 8.42 Å². The highest BCUT2D eigenvalue weighted by molar-refractivity contribution is 7.89. The molecule has 1 aromatic heterocycles. The van der Waals surface area contributed by atoms with E-state index >= 15 is 0 Å². The van der Waals surface area contributed by atoms with E-state index in [9.17, 15) is 8.42 Å². The van der Waals surface area contributed by atoms with Gasteiger partial charge >= 0.3 is 0 Å². The van der Waals surface area contributed by atoms with E-state index in [1.807, 2.05) is 12.1 Å². The molecule has 7 heteroatoms. The topological polar surface area (TPSA) is 82.8 Å². The van der Waals surface area contributed by atoms with Crippen molar-refractivity contribution in [3.63, 3.8) is 0 Å². The molecule has 0 saturated carbocycles. The number of hydrogen-bond donors (Lipinski definition) is 1. The Kier molecular flexibility index (Phi) is 4.91. The number of sulfonamides is 1. The smallest absolute Gasteiger partial charge is 0.240 e. The van der Waals surface area contributed by atoms with Gasteiger partial charge in [-0.1, -0.05) is 17.7 Å². The zero-order chi connectivity index (χ0) is 15.3. The molecule has 0 unspecified atom stereocenters. The lowest BCUT2D eigenvalue weighted by Gasteiger charge is -2.07. The maximum Gasteiger partial charge on any atom is 0.240 e. The van der Waals surface area contributed by atoms with Crippen LogP contribution in [0, 0.1) is 11.3 Å². The Morgan fingerprint density at radius 3 is 2.76 bits per heavy atom. The van der Waals surface area contributed by atoms with Crippen LogP contribution in [0.5, 0.6) is 0 Å². The van der Waals surface area contributed by atoms with E-state index in [-0.39, 0.29) is 22.0 Å². The van der Waals surface area contributed by atoms with Crippen molar-refractivity contribution in [2.45, 2.75) is 11.3 Å². The minimum Gasteiger partial charge on any atom is -0.264 e. The van der Waals surface area contributed by atoms with Crippen molar-refractivity contribution in [3.8, 4) is 6.07 Å². The van der Waals surface area contributed by atoms with Gasteiger partial charge in [-0.05, 0) is 36.2 Å². The molecule has 0 aliphatic carbocycles. The molecule has 0 atom stereocenters. The lowest BCUT2D eigenvalue weighted by atomic mass is 10.2. The van der Waals surface area contributed by atoms with E-state index < -0.39 is 10.0 Å². The lowest BCUT2D eigenvalue weighted by Crippen LogP contribution is -2.26. The minimum atomic E-state index is -3.64. The quantitative estimate of drug-likeness (QED) is 0.914. The highest BCUT2D eigenvalue weighted by Crippen LogP contribution is 2.20. The van der Waals surface area contributed by atoms with E-state index in [1.54, 1.807) is 18.5 Å². The molecule has 0 fully saturated rings. The van der Waals surface area contributed by atoms with Crippen molar-refractivity contribution >= 4 is 21.6 Å². The third-order valence-corrected chi connectivity index (χ3v) is 4.57. The Balaban J connectivity index is 2.05. The molecule has 2 rings (SSSR count). The molecule has 0 bridgehead atoms. The van der Waals surface area contributed by atoms with Crippen LogP contribution < -0.4 is 4.72 Å². The number of rotatable bonds is 5. The number of halogens is 1. The Labute approximate surface area is 128 Å². The minimum absolute atomic E-state index is 0.0395. The predicted molar refractivity (Wildman–Crippen MR) is 79.3 cm³/mol. The molecule has 108 valence electrons. The van der Waals surface area contributed by atoms with Gasteiger partial charge in [-0.2, -0.15) is 5.26 Å². The number of benzene rings is 1. The van der Waals surface area contributed by atoms with Gasteiger partial charge in [0.05, 0.1) is 15.5 Å². The highest BCUT2D eigenvalue weighted by Gasteiger charge is 2.15. The van der Waals surface area contributed by atoms with Crippen LogP contribution in [0.15, 0.2) is 47.6 Å². The average molecular weight is 322 g/mol. The molecule has 1 N–H and O–H groups in total. The molecule has 1 aromatic carbocycles. The van der Waals surface area contributed by atoms with E-state index in [2.05, 4.69) is 9.71 Å². The molecule has 0 radical (unpaired) electrons. The fourth-order valence-corrected chi connectivity index (χ4v) is 3.06. The van der Waals surface area contributed by atoms with E-state index in [0.29, 0.717) is 6.42 Å². The van der Waals surface area contributed by atoms with Crippen molar-refractivity contribution in [3.05, 3.63) is 58.9 Å². The summed E-state index contributed by atoms with van der Waals surface area (Å²) in [5.41, 5.74) is 1.18. The first kappa shape index (κ1) is 15.4. The van der Waals surface area contributed by atoms with Gasteiger partial charge in [0.1, 0.15) is 6.07 Å². The molecule has 2 aromatic rings. The largest absolute Gasteiger partial charge is 0.264 e. The molecule has 0 saturated heterocycles. The van der Waals surface area contributed by atoms with Crippen LogP contribution in [-0.4, -0.2) is 19.9 Å². The van der Waals surface area contributed by atoms with E-state index in [1.165, 1.54) is 18.2 Å². The third-order valence-electron chi connectivity index (χ3n) is 2.80. The first-order valence-corrected chi connectivity index (χ1v) is 7.97. The van der Waals surface area contributed by atoms with Crippen LogP contribution in [0.1, 0.15) is 11.1 Å². The molecule has 1 heterocycles. The highest BCUT2D eigenvalue weighted by atomic mass is 35.5. The third kappa shape index (κ3) is 4.02. The summed E-state index contributed by atoms with van der Waals surface area (Å²) < 4.78 is 26.7. The first-order valence-electron chi connectivity index (χ1n) is 6.11. The predicted octanol–water partition coefficient (Wildman–Crippen LogP) is 2.13. The standard InChI is InChI=1S/C14H12ClN3O2S/c15-14-8-13(4-3-12(14)9-16)21(19,20)18-7-5-11-2-1-6-17-10-11/h1-4,6,8,10,18H,5,7H2. The molecule has 21 heavy (non-hydrogen) atoms. The van der Waals surface area contributed by atoms with Crippen LogP contribution in [0.25, 0.3) is 0 Å². The van der Waals surface area contributed by atoms with Gasteiger partial charge in [0.2, 0.25) is 10.0 Å². The zero-order valence-corrected chi connectivity index (χ0v) is 12.5. The van der Waals surface area contributed by atoms with Crippen molar-refractivity contribution in [2.75, 3.05) is 6.54 Å². The van der Waals surface area contributed by atoms with Gasteiger partial charge < -0.3 is 0 Å². The molecule has 0 amide bonds. The van der Waals surface area contributed by atoms with Gasteiger partial charge in [0.25, 0.3) is 0 Å². The van der Waals surface area contributed by atoms with E-state index in [0.717, 1.165) is 5.56 Å². The average Bonchev–Trinajstić information content (AvgIpc) is 2.48. The summed E-state index contributed by atoms with van der Waals surface area (Å²) in [4.78, 5) is 4.00. The number of nitrogens with one attached hydrogen (secondary N) is 1. The lowest BCUT2D eigenvalue weighted by molar-refractivity contribution is 0.581. The van der Waals surface area contributed by atoms with Crippen LogP contribution in [-0.2, 0) is 16.4 Å². The second-order valence-electron chi connectivity index (χ2n) is 4.26. The molecule has 0 aliphatic heterocycles. The summed E-state index contributed by atoms with van der Waals surface area (Å²) >= 11 is 5.84. The molecular weight excluding hydrogens is 310 g/mol. The summed E-state index contributed by atoms with van der Waals surface area (Å²) in [6.45, 7) is 0.256. The zero-order valence-electron chi connectivity index (χ0n) is 11.0. The number of nitrogens with zero attached hydrogens (tertiary/aromatic N) is 2. The normalized spacial score (nSPS) is 11.0. The summed E-state index contributed by atoms with van der Waals surface area (Å²) in [7, 11) is -3.64. The fraction of sp³-hybridized carbons (Fsp3) is 0.143. The van der Waals surface area contributed by atoms with Crippen molar-refractivity contribution in [2.24, 2.45) is 0 Å². The maximum absolute atomic E-state index is 12.1. The van der Waals surface area contributed by atoms with Gasteiger partial charge in [-0.3, -0.25) is 4.98 Å². The molecule has 0 spiro atoms. The van der Waals surface area contributed by atoms with Crippen LogP contribution in [0.4, 0.5) is 0 Å². The Morgan fingerprint density at radius 1 is 1.33 bits per heavy atom. The maximum atomic E-state index is 12.1. The Bertz CT molecular complexity index is 771. The number of aromatic nitrogens is 1. The summed E-state index contributed by atoms with van der Waals surface area (Å²) in [5.74, 6) is 0. The summed E-state index contributed by atoms with van der Waals surface area (Å²) in [5, 5.41) is 8.89. The van der Waals surface area contributed by atoms with Gasteiger partial charge in [0, 0.05) is 18.9 Å². The second kappa shape index (κ2) is 6.68. The fourth-order valence-electron chi connectivity index (χ4n) is 1.71. The van der Waals surface area contributed by atoms with Gasteiger partial charge in [-0.15, -0.1) is 0 Å². The Hall–Kier alpha value is -1.94. The van der Waals surface area contributed by atoms with Crippen molar-refractivity contribution in [1.82, 2.24) is 9.71 Å². The SMILES string of the molecule is N#Cc1ccc(S(=O)(=O)NCCc2cccnc2)cc1Cl.